The van der Waals surface area contributed by atoms with E-state index in [4.69, 9.17) is 4.74 Å². The number of nitrogens with zero attached hydrogens (tertiary/aromatic N) is 3. The van der Waals surface area contributed by atoms with E-state index in [-0.39, 0.29) is 37.2 Å². The standard InChI is InChI=1S/C20H23N3O5/c1-21-18(26)14-7-3-4-8-15(14)23-16(24)9-10-20(21,23)19(27)28-13-17(25)22-11-5-2-6-12-22/h3-4,7-8H,2,5-6,9-13H2,1H3/t20-/m1/s1. The number of para-hydroxylation sites is 1. The third kappa shape index (κ3) is 2.66. The third-order valence-electron chi connectivity index (χ3n) is 5.90. The molecule has 148 valence electrons. The summed E-state index contributed by atoms with van der Waals surface area (Å²) in [6.45, 7) is 0.947. The first-order valence-corrected chi connectivity index (χ1v) is 9.62. The molecule has 0 N–H and O–H groups in total. The van der Waals surface area contributed by atoms with Gasteiger partial charge >= 0.3 is 5.97 Å². The van der Waals surface area contributed by atoms with Crippen molar-refractivity contribution in [1.29, 1.82) is 0 Å². The summed E-state index contributed by atoms with van der Waals surface area (Å²) >= 11 is 0. The Labute approximate surface area is 163 Å². The molecule has 0 bridgehead atoms. The second-order valence-electron chi connectivity index (χ2n) is 7.44. The summed E-state index contributed by atoms with van der Waals surface area (Å²) < 4.78 is 5.37. The van der Waals surface area contributed by atoms with Crippen LogP contribution < -0.4 is 4.90 Å². The van der Waals surface area contributed by atoms with Gasteiger partial charge in [-0.05, 0) is 31.4 Å². The number of benzene rings is 1. The summed E-state index contributed by atoms with van der Waals surface area (Å²) in [5.74, 6) is -1.58. The lowest BCUT2D eigenvalue weighted by Gasteiger charge is -2.46. The predicted molar refractivity (Wildman–Crippen MR) is 99.4 cm³/mol. The number of ether oxygens (including phenoxy) is 1. The molecule has 0 radical (unpaired) electrons. The van der Waals surface area contributed by atoms with Crippen molar-refractivity contribution in [3.8, 4) is 0 Å². The van der Waals surface area contributed by atoms with Crippen molar-refractivity contribution in [2.45, 2.75) is 37.8 Å². The summed E-state index contributed by atoms with van der Waals surface area (Å²) in [6, 6.07) is 6.73. The fraction of sp³-hybridized carbons (Fsp3) is 0.500. The van der Waals surface area contributed by atoms with Crippen molar-refractivity contribution < 1.29 is 23.9 Å². The van der Waals surface area contributed by atoms with Gasteiger partial charge in [0, 0.05) is 33.0 Å². The van der Waals surface area contributed by atoms with Crippen LogP contribution in [0, 0.1) is 0 Å². The quantitative estimate of drug-likeness (QED) is 0.729. The van der Waals surface area contributed by atoms with Crippen LogP contribution in [-0.2, 0) is 19.1 Å². The molecule has 3 aliphatic rings. The van der Waals surface area contributed by atoms with E-state index < -0.39 is 11.6 Å². The molecular weight excluding hydrogens is 362 g/mol. The first-order valence-electron chi connectivity index (χ1n) is 9.62. The maximum atomic E-state index is 13.1. The largest absolute Gasteiger partial charge is 0.452 e. The minimum absolute atomic E-state index is 0.126. The van der Waals surface area contributed by atoms with Crippen molar-refractivity contribution in [2.75, 3.05) is 31.6 Å². The Morgan fingerprint density at radius 1 is 1.11 bits per heavy atom. The number of likely N-dealkylation sites (tertiary alicyclic amines) is 1. The lowest BCUT2D eigenvalue weighted by molar-refractivity contribution is -0.161. The molecule has 1 aromatic rings. The van der Waals surface area contributed by atoms with Gasteiger partial charge in [0.15, 0.2) is 6.61 Å². The lowest BCUT2D eigenvalue weighted by atomic mass is 9.97. The first-order chi connectivity index (χ1) is 13.5. The van der Waals surface area contributed by atoms with Gasteiger partial charge in [-0.1, -0.05) is 12.1 Å². The monoisotopic (exact) mass is 385 g/mol. The van der Waals surface area contributed by atoms with Crippen molar-refractivity contribution in [3.05, 3.63) is 29.8 Å². The number of piperidine rings is 1. The number of fused-ring (bicyclic) bond motifs is 3. The number of amides is 3. The second kappa shape index (κ2) is 6.92. The predicted octanol–water partition coefficient (Wildman–Crippen LogP) is 1.15. The molecule has 3 heterocycles. The SMILES string of the molecule is CN1C(=O)c2ccccc2N2C(=O)CC[C@@]12C(=O)OCC(=O)N1CCCCC1. The fourth-order valence-electron chi connectivity index (χ4n) is 4.37. The van der Waals surface area contributed by atoms with Crippen LogP contribution in [0.5, 0.6) is 0 Å². The summed E-state index contributed by atoms with van der Waals surface area (Å²) in [6.07, 6.45) is 3.25. The van der Waals surface area contributed by atoms with Gasteiger partial charge in [0.2, 0.25) is 11.6 Å². The van der Waals surface area contributed by atoms with Crippen LogP contribution in [0.4, 0.5) is 5.69 Å². The Hall–Kier alpha value is -2.90. The average Bonchev–Trinajstić information content (AvgIpc) is 3.09. The zero-order chi connectivity index (χ0) is 19.9. The minimum Gasteiger partial charge on any atom is -0.452 e. The number of carbonyl (C=O) groups is 4. The highest BCUT2D eigenvalue weighted by atomic mass is 16.5. The zero-order valence-electron chi connectivity index (χ0n) is 15.8. The van der Waals surface area contributed by atoms with Gasteiger partial charge < -0.3 is 14.5 Å². The Kier molecular flexibility index (Phi) is 4.56. The molecule has 1 aromatic carbocycles. The van der Waals surface area contributed by atoms with Crippen molar-refractivity contribution in [3.63, 3.8) is 0 Å². The summed E-state index contributed by atoms with van der Waals surface area (Å²) in [5, 5.41) is 0. The molecule has 8 nitrogen and oxygen atoms in total. The first kappa shape index (κ1) is 18.5. The van der Waals surface area contributed by atoms with Gasteiger partial charge in [0.05, 0.1) is 11.3 Å². The van der Waals surface area contributed by atoms with E-state index in [0.717, 1.165) is 19.3 Å². The van der Waals surface area contributed by atoms with Gasteiger partial charge in [-0.3, -0.25) is 19.3 Å². The van der Waals surface area contributed by atoms with Crippen molar-refractivity contribution in [1.82, 2.24) is 9.80 Å². The van der Waals surface area contributed by atoms with Crippen LogP contribution in [0.15, 0.2) is 24.3 Å². The molecule has 3 aliphatic heterocycles. The highest BCUT2D eigenvalue weighted by Gasteiger charge is 2.60. The van der Waals surface area contributed by atoms with Gasteiger partial charge in [-0.15, -0.1) is 0 Å². The molecule has 0 saturated carbocycles. The van der Waals surface area contributed by atoms with Crippen LogP contribution in [0.25, 0.3) is 0 Å². The normalized spacial score (nSPS) is 24.1. The van der Waals surface area contributed by atoms with E-state index >= 15 is 0 Å². The molecule has 4 rings (SSSR count). The van der Waals surface area contributed by atoms with Gasteiger partial charge in [-0.25, -0.2) is 4.79 Å². The Morgan fingerprint density at radius 3 is 2.57 bits per heavy atom. The smallest absolute Gasteiger partial charge is 0.354 e. The zero-order valence-corrected chi connectivity index (χ0v) is 15.8. The molecule has 3 amide bonds. The summed E-state index contributed by atoms with van der Waals surface area (Å²) in [4.78, 5) is 55.3. The van der Waals surface area contributed by atoms with Crippen LogP contribution in [0.2, 0.25) is 0 Å². The number of hydrogen-bond donors (Lipinski definition) is 0. The number of likely N-dealkylation sites (N-methyl/N-ethyl adjacent to an activating group) is 1. The molecule has 0 spiro atoms. The van der Waals surface area contributed by atoms with Crippen LogP contribution in [0.3, 0.4) is 0 Å². The second-order valence-corrected chi connectivity index (χ2v) is 7.44. The van der Waals surface area contributed by atoms with Gasteiger partial charge in [0.25, 0.3) is 11.8 Å². The molecule has 1 atom stereocenters. The van der Waals surface area contributed by atoms with E-state index in [2.05, 4.69) is 0 Å². The molecule has 28 heavy (non-hydrogen) atoms. The molecule has 8 heteroatoms. The molecule has 0 aromatic heterocycles. The molecule has 0 unspecified atom stereocenters. The maximum Gasteiger partial charge on any atom is 0.354 e. The highest BCUT2D eigenvalue weighted by Crippen LogP contribution is 2.44. The van der Waals surface area contributed by atoms with E-state index in [1.54, 1.807) is 29.2 Å². The van der Waals surface area contributed by atoms with E-state index in [0.29, 0.717) is 24.3 Å². The Balaban J connectivity index is 1.59. The number of hydrogen-bond acceptors (Lipinski definition) is 5. The Bertz CT molecular complexity index is 848. The van der Waals surface area contributed by atoms with E-state index in [1.807, 2.05) is 0 Å². The minimum atomic E-state index is -1.54. The van der Waals surface area contributed by atoms with Crippen molar-refractivity contribution in [2.24, 2.45) is 0 Å². The molecule has 0 aliphatic carbocycles. The molecular formula is C20H23N3O5. The maximum absolute atomic E-state index is 13.1. The molecule has 2 fully saturated rings. The summed E-state index contributed by atoms with van der Waals surface area (Å²) in [7, 11) is 1.50. The van der Waals surface area contributed by atoms with Crippen LogP contribution >= 0.6 is 0 Å². The number of anilines is 1. The third-order valence-corrected chi connectivity index (χ3v) is 5.90. The number of rotatable bonds is 3. The Morgan fingerprint density at radius 2 is 1.82 bits per heavy atom. The highest BCUT2D eigenvalue weighted by molar-refractivity contribution is 6.15. The van der Waals surface area contributed by atoms with Gasteiger partial charge in [-0.2, -0.15) is 0 Å². The lowest BCUT2D eigenvalue weighted by Crippen LogP contribution is -2.67. The summed E-state index contributed by atoms with van der Waals surface area (Å²) in [5.41, 5.74) is -0.759. The van der Waals surface area contributed by atoms with Crippen LogP contribution in [0.1, 0.15) is 42.5 Å². The van der Waals surface area contributed by atoms with Crippen molar-refractivity contribution >= 4 is 29.4 Å². The number of esters is 1. The van der Waals surface area contributed by atoms with E-state index in [9.17, 15) is 19.2 Å². The topological polar surface area (TPSA) is 87.2 Å². The van der Waals surface area contributed by atoms with Crippen LogP contribution in [-0.4, -0.2) is 65.9 Å². The molecule has 2 saturated heterocycles. The van der Waals surface area contributed by atoms with E-state index in [1.165, 1.54) is 16.8 Å². The average molecular weight is 385 g/mol. The van der Waals surface area contributed by atoms with Gasteiger partial charge in [0.1, 0.15) is 0 Å². The fourth-order valence-corrected chi connectivity index (χ4v) is 4.37. The number of carbonyl (C=O) groups excluding carboxylic acids is 4.